The fourth-order valence-corrected chi connectivity index (χ4v) is 5.28. The van der Waals surface area contributed by atoms with Crippen molar-refractivity contribution in [1.82, 2.24) is 4.72 Å². The molecular formula is C19H33NO5SSi. The molecule has 1 fully saturated rings. The summed E-state index contributed by atoms with van der Waals surface area (Å²) in [5, 5.41) is 10.8. The summed E-state index contributed by atoms with van der Waals surface area (Å²) in [6, 6.07) is 9.11. The molecule has 2 rings (SSSR count). The highest BCUT2D eigenvalue weighted by atomic mass is 32.2. The average Bonchev–Trinajstić information content (AvgIpc) is 2.70. The largest absolute Gasteiger partial charge is 0.412 e. The van der Waals surface area contributed by atoms with Gasteiger partial charge in [-0.2, -0.15) is 13.1 Å². The third-order valence-electron chi connectivity index (χ3n) is 5.56. The van der Waals surface area contributed by atoms with E-state index in [1.165, 1.54) is 0 Å². The lowest BCUT2D eigenvalue weighted by atomic mass is 9.97. The van der Waals surface area contributed by atoms with Crippen molar-refractivity contribution in [2.24, 2.45) is 0 Å². The van der Waals surface area contributed by atoms with E-state index in [9.17, 15) is 13.5 Å². The van der Waals surface area contributed by atoms with Crippen molar-refractivity contribution in [3.63, 3.8) is 0 Å². The van der Waals surface area contributed by atoms with Gasteiger partial charge in [0.05, 0.1) is 24.9 Å². The van der Waals surface area contributed by atoms with E-state index in [4.69, 9.17) is 8.61 Å². The van der Waals surface area contributed by atoms with Gasteiger partial charge < -0.3 is 9.53 Å². The van der Waals surface area contributed by atoms with Crippen LogP contribution in [0.15, 0.2) is 30.3 Å². The summed E-state index contributed by atoms with van der Waals surface area (Å²) in [5.74, 6) is 0. The third kappa shape index (κ3) is 6.37. The zero-order valence-corrected chi connectivity index (χ0v) is 18.8. The Morgan fingerprint density at radius 1 is 1.30 bits per heavy atom. The minimum Gasteiger partial charge on any atom is -0.412 e. The lowest BCUT2D eigenvalue weighted by molar-refractivity contribution is 0.0464. The summed E-state index contributed by atoms with van der Waals surface area (Å²) in [4.78, 5) is 0. The monoisotopic (exact) mass is 415 g/mol. The molecule has 1 aromatic carbocycles. The van der Waals surface area contributed by atoms with Crippen LogP contribution in [0.1, 0.15) is 39.2 Å². The predicted octanol–water partition coefficient (Wildman–Crippen LogP) is 2.99. The van der Waals surface area contributed by atoms with Gasteiger partial charge in [-0.15, -0.1) is 0 Å². The van der Waals surface area contributed by atoms with Crippen molar-refractivity contribution in [1.29, 1.82) is 0 Å². The maximum Gasteiger partial charge on any atom is 0.336 e. The van der Waals surface area contributed by atoms with E-state index in [0.717, 1.165) is 5.56 Å². The molecule has 0 saturated carbocycles. The number of hydrogen-bond acceptors (Lipinski definition) is 5. The molecule has 1 heterocycles. The summed E-state index contributed by atoms with van der Waals surface area (Å²) in [6.45, 7) is 10.7. The second kappa shape index (κ2) is 8.71. The number of nitrogens with one attached hydrogen (secondary N) is 1. The van der Waals surface area contributed by atoms with Gasteiger partial charge in [0, 0.05) is 0 Å². The molecule has 27 heavy (non-hydrogen) atoms. The zero-order valence-electron chi connectivity index (χ0n) is 16.9. The lowest BCUT2D eigenvalue weighted by Gasteiger charge is -2.41. The van der Waals surface area contributed by atoms with E-state index in [1.54, 1.807) is 0 Å². The van der Waals surface area contributed by atoms with Gasteiger partial charge in [-0.1, -0.05) is 51.1 Å². The first-order valence-electron chi connectivity index (χ1n) is 9.48. The fraction of sp³-hybridized carbons (Fsp3) is 0.684. The lowest BCUT2D eigenvalue weighted by Crippen LogP contribution is -2.55. The summed E-state index contributed by atoms with van der Waals surface area (Å²) in [5.41, 5.74) is 1.10. The first kappa shape index (κ1) is 22.5. The molecule has 2 N–H and O–H groups in total. The van der Waals surface area contributed by atoms with Gasteiger partial charge in [0.25, 0.3) is 0 Å². The number of hydrogen-bond donors (Lipinski definition) is 2. The molecular weight excluding hydrogens is 382 g/mol. The molecule has 8 heteroatoms. The Balaban J connectivity index is 2.17. The zero-order chi connectivity index (χ0) is 20.3. The Bertz CT molecular complexity index is 703. The van der Waals surface area contributed by atoms with Gasteiger partial charge in [0.2, 0.25) is 0 Å². The van der Waals surface area contributed by atoms with Crippen molar-refractivity contribution in [2.45, 2.75) is 76.4 Å². The molecule has 0 bridgehead atoms. The smallest absolute Gasteiger partial charge is 0.336 e. The standard InChI is InChI=1S/C19H33NO5SSi/c1-19(2,3)27(4,5)25-17-13-14-24-26(22,23)20-18(17)16(21)12-11-15-9-7-6-8-10-15/h6-10,16-18,20-21H,11-14H2,1-5H3/t16-,17+,18-/m0/s1. The topological polar surface area (TPSA) is 84.9 Å². The number of aliphatic hydroxyl groups excluding tert-OH is 1. The summed E-state index contributed by atoms with van der Waals surface area (Å²) >= 11 is 0. The Hall–Kier alpha value is -0.773. The van der Waals surface area contributed by atoms with Crippen molar-refractivity contribution in [3.05, 3.63) is 35.9 Å². The molecule has 1 aliphatic heterocycles. The van der Waals surface area contributed by atoms with E-state index >= 15 is 0 Å². The fourth-order valence-electron chi connectivity index (χ4n) is 2.88. The second-order valence-corrected chi connectivity index (χ2v) is 14.9. The van der Waals surface area contributed by atoms with Crippen LogP contribution < -0.4 is 4.72 Å². The number of aryl methyl sites for hydroxylation is 1. The first-order chi connectivity index (χ1) is 12.4. The maximum atomic E-state index is 12.1. The van der Waals surface area contributed by atoms with Gasteiger partial charge in [-0.05, 0) is 43.0 Å². The molecule has 0 unspecified atom stereocenters. The van der Waals surface area contributed by atoms with E-state index in [1.807, 2.05) is 30.3 Å². The Morgan fingerprint density at radius 3 is 2.52 bits per heavy atom. The van der Waals surface area contributed by atoms with Gasteiger partial charge in [0.1, 0.15) is 0 Å². The molecule has 0 amide bonds. The third-order valence-corrected chi connectivity index (χ3v) is 11.1. The summed E-state index contributed by atoms with van der Waals surface area (Å²) in [7, 11) is -6.03. The SMILES string of the molecule is CC(C)(C)[Si](C)(C)O[C@@H]1CCOS(=O)(=O)N[C@H]1[C@@H](O)CCc1ccccc1. The van der Waals surface area contributed by atoms with Crippen LogP contribution in [0.25, 0.3) is 0 Å². The van der Waals surface area contributed by atoms with E-state index < -0.39 is 36.9 Å². The minimum absolute atomic E-state index is 0.0153. The summed E-state index contributed by atoms with van der Waals surface area (Å²) in [6.07, 6.45) is 0.235. The van der Waals surface area contributed by atoms with E-state index in [0.29, 0.717) is 19.3 Å². The highest BCUT2D eigenvalue weighted by molar-refractivity contribution is 7.84. The van der Waals surface area contributed by atoms with Gasteiger partial charge in [0.15, 0.2) is 8.32 Å². The summed E-state index contributed by atoms with van der Waals surface area (Å²) < 4.78 is 38.1. The molecule has 0 radical (unpaired) electrons. The Kier molecular flexibility index (Phi) is 7.26. The molecule has 0 spiro atoms. The van der Waals surface area contributed by atoms with Crippen molar-refractivity contribution < 1.29 is 22.1 Å². The van der Waals surface area contributed by atoms with Crippen LogP contribution in [0.4, 0.5) is 0 Å². The molecule has 6 nitrogen and oxygen atoms in total. The van der Waals surface area contributed by atoms with Crippen LogP contribution in [0, 0.1) is 0 Å². The molecule has 3 atom stereocenters. The molecule has 1 saturated heterocycles. The Labute approximate surface area is 164 Å². The molecule has 0 aromatic heterocycles. The highest BCUT2D eigenvalue weighted by Gasteiger charge is 2.43. The van der Waals surface area contributed by atoms with Crippen LogP contribution in [-0.2, 0) is 25.3 Å². The Morgan fingerprint density at radius 2 is 1.93 bits per heavy atom. The highest BCUT2D eigenvalue weighted by Crippen LogP contribution is 2.38. The second-order valence-electron chi connectivity index (χ2n) is 8.72. The molecule has 1 aliphatic rings. The van der Waals surface area contributed by atoms with Crippen LogP contribution in [0.3, 0.4) is 0 Å². The maximum absolute atomic E-state index is 12.1. The van der Waals surface area contributed by atoms with Gasteiger partial charge >= 0.3 is 10.3 Å². The quantitative estimate of drug-likeness (QED) is 0.698. The first-order valence-corrected chi connectivity index (χ1v) is 13.8. The molecule has 154 valence electrons. The number of rotatable bonds is 6. The average molecular weight is 416 g/mol. The van der Waals surface area contributed by atoms with Gasteiger partial charge in [-0.25, -0.2) is 0 Å². The van der Waals surface area contributed by atoms with Crippen molar-refractivity contribution in [3.8, 4) is 0 Å². The van der Waals surface area contributed by atoms with E-state index in [2.05, 4.69) is 38.6 Å². The van der Waals surface area contributed by atoms with Crippen LogP contribution in [0.5, 0.6) is 0 Å². The predicted molar refractivity (Wildman–Crippen MR) is 109 cm³/mol. The number of aliphatic hydroxyl groups is 1. The minimum atomic E-state index is -3.89. The van der Waals surface area contributed by atoms with Crippen LogP contribution in [0.2, 0.25) is 18.1 Å². The van der Waals surface area contributed by atoms with E-state index in [-0.39, 0.29) is 11.6 Å². The van der Waals surface area contributed by atoms with Crippen molar-refractivity contribution in [2.75, 3.05) is 6.61 Å². The van der Waals surface area contributed by atoms with Gasteiger partial charge in [-0.3, -0.25) is 4.18 Å². The number of benzene rings is 1. The normalized spacial score (nSPS) is 25.0. The molecule has 1 aromatic rings. The van der Waals surface area contributed by atoms with Crippen molar-refractivity contribution >= 4 is 18.6 Å². The van der Waals surface area contributed by atoms with Crippen LogP contribution >= 0.6 is 0 Å². The molecule has 0 aliphatic carbocycles. The van der Waals surface area contributed by atoms with Crippen LogP contribution in [-0.4, -0.2) is 46.7 Å².